The molecule has 11 heteroatoms. The van der Waals surface area contributed by atoms with E-state index in [2.05, 4.69) is 21.2 Å². The van der Waals surface area contributed by atoms with Gasteiger partial charge in [-0.25, -0.2) is 8.42 Å². The van der Waals surface area contributed by atoms with Crippen molar-refractivity contribution in [3.63, 3.8) is 0 Å². The Bertz CT molecular complexity index is 1130. The van der Waals surface area contributed by atoms with Crippen molar-refractivity contribution in [3.8, 4) is 0 Å². The van der Waals surface area contributed by atoms with Crippen molar-refractivity contribution in [2.75, 3.05) is 17.1 Å². The van der Waals surface area contributed by atoms with Gasteiger partial charge in [-0.2, -0.15) is 0 Å². The molecule has 2 rings (SSSR count). The Morgan fingerprint density at radius 1 is 1.09 bits per heavy atom. The van der Waals surface area contributed by atoms with E-state index in [4.69, 9.17) is 23.2 Å². The van der Waals surface area contributed by atoms with Crippen LogP contribution in [0.1, 0.15) is 26.3 Å². The Balaban J connectivity index is 2.44. The molecule has 1 atom stereocenters. The number of anilines is 1. The van der Waals surface area contributed by atoms with Gasteiger partial charge in [0.2, 0.25) is 21.8 Å². The molecule has 1 N–H and O–H groups in total. The molecule has 0 saturated heterocycles. The van der Waals surface area contributed by atoms with E-state index < -0.39 is 28.5 Å². The molecule has 2 amide bonds. The predicted molar refractivity (Wildman–Crippen MR) is 136 cm³/mol. The monoisotopic (exact) mass is 577 g/mol. The summed E-state index contributed by atoms with van der Waals surface area (Å²) in [5.41, 5.74) is 0.857. The standard InChI is InChI=1S/C22H26BrCl2N3O4S/c1-14(2)26-22(30)15(3)27(12-16-7-5-8-17(23)11-16)20(29)13-28(33(4,31)32)19-10-6-9-18(24)21(19)25/h5-11,14-15H,12-13H2,1-4H3,(H,26,30). The zero-order valence-corrected chi connectivity index (χ0v) is 22.6. The minimum Gasteiger partial charge on any atom is -0.352 e. The Hall–Kier alpha value is -1.81. The molecular weight excluding hydrogens is 553 g/mol. The SMILES string of the molecule is CC(C)NC(=O)C(C)N(Cc1cccc(Br)c1)C(=O)CN(c1cccc(Cl)c1Cl)S(C)(=O)=O. The van der Waals surface area contributed by atoms with E-state index >= 15 is 0 Å². The zero-order valence-electron chi connectivity index (χ0n) is 18.7. The Kier molecular flexibility index (Phi) is 9.60. The van der Waals surface area contributed by atoms with E-state index in [1.54, 1.807) is 13.0 Å². The van der Waals surface area contributed by atoms with Gasteiger partial charge in [0.25, 0.3) is 0 Å². The highest BCUT2D eigenvalue weighted by atomic mass is 79.9. The summed E-state index contributed by atoms with van der Waals surface area (Å²) in [6.45, 7) is 4.79. The summed E-state index contributed by atoms with van der Waals surface area (Å²) >= 11 is 15.7. The smallest absolute Gasteiger partial charge is 0.244 e. The van der Waals surface area contributed by atoms with Crippen molar-refractivity contribution in [1.29, 1.82) is 0 Å². The number of amides is 2. The van der Waals surface area contributed by atoms with Gasteiger partial charge >= 0.3 is 0 Å². The number of nitrogens with one attached hydrogen (secondary N) is 1. The van der Waals surface area contributed by atoms with Crippen molar-refractivity contribution in [1.82, 2.24) is 10.2 Å². The average molecular weight is 579 g/mol. The molecule has 0 aliphatic rings. The second-order valence-corrected chi connectivity index (χ2v) is 11.4. The van der Waals surface area contributed by atoms with Gasteiger partial charge in [0.05, 0.1) is 22.0 Å². The van der Waals surface area contributed by atoms with Gasteiger partial charge in [-0.05, 0) is 50.6 Å². The largest absolute Gasteiger partial charge is 0.352 e. The first-order valence-electron chi connectivity index (χ1n) is 10.1. The maximum atomic E-state index is 13.4. The minimum absolute atomic E-state index is 0.0153. The van der Waals surface area contributed by atoms with Crippen LogP contribution in [0.5, 0.6) is 0 Å². The fourth-order valence-electron chi connectivity index (χ4n) is 3.10. The predicted octanol–water partition coefficient (Wildman–Crippen LogP) is 4.46. The number of halogens is 3. The highest BCUT2D eigenvalue weighted by Gasteiger charge is 2.31. The summed E-state index contributed by atoms with van der Waals surface area (Å²) in [6, 6.07) is 10.9. The van der Waals surface area contributed by atoms with E-state index in [9.17, 15) is 18.0 Å². The van der Waals surface area contributed by atoms with Crippen LogP contribution in [0.2, 0.25) is 10.0 Å². The topological polar surface area (TPSA) is 86.8 Å². The molecule has 7 nitrogen and oxygen atoms in total. The summed E-state index contributed by atoms with van der Waals surface area (Å²) in [4.78, 5) is 27.5. The molecule has 0 saturated carbocycles. The van der Waals surface area contributed by atoms with Crippen LogP contribution in [0.3, 0.4) is 0 Å². The molecule has 0 radical (unpaired) electrons. The molecule has 1 unspecified atom stereocenters. The quantitative estimate of drug-likeness (QED) is 0.476. The lowest BCUT2D eigenvalue weighted by molar-refractivity contribution is -0.139. The number of carbonyl (C=O) groups excluding carboxylic acids is 2. The highest BCUT2D eigenvalue weighted by molar-refractivity contribution is 9.10. The van der Waals surface area contributed by atoms with Crippen molar-refractivity contribution in [2.24, 2.45) is 0 Å². The number of nitrogens with zero attached hydrogens (tertiary/aromatic N) is 2. The number of hydrogen-bond donors (Lipinski definition) is 1. The number of rotatable bonds is 9. The lowest BCUT2D eigenvalue weighted by Crippen LogP contribution is -2.52. The fraction of sp³-hybridized carbons (Fsp3) is 0.364. The van der Waals surface area contributed by atoms with Crippen LogP contribution < -0.4 is 9.62 Å². The molecule has 0 aliphatic heterocycles. The summed E-state index contributed by atoms with van der Waals surface area (Å²) in [5, 5.41) is 2.97. The molecule has 2 aromatic rings. The summed E-state index contributed by atoms with van der Waals surface area (Å²) in [6.07, 6.45) is 0.977. The molecular formula is C22H26BrCl2N3O4S. The molecule has 33 heavy (non-hydrogen) atoms. The molecule has 0 aromatic heterocycles. The van der Waals surface area contributed by atoms with Crippen molar-refractivity contribution < 1.29 is 18.0 Å². The molecule has 0 aliphatic carbocycles. The van der Waals surface area contributed by atoms with Gasteiger partial charge in [-0.3, -0.25) is 13.9 Å². The van der Waals surface area contributed by atoms with Crippen molar-refractivity contribution in [2.45, 2.75) is 39.4 Å². The van der Waals surface area contributed by atoms with Crippen molar-refractivity contribution >= 4 is 66.7 Å². The molecule has 180 valence electrons. The lowest BCUT2D eigenvalue weighted by atomic mass is 10.1. The third kappa shape index (κ3) is 7.60. The number of carbonyl (C=O) groups is 2. The summed E-state index contributed by atoms with van der Waals surface area (Å²) < 4.78 is 26.9. The van der Waals surface area contributed by atoms with Crippen LogP contribution in [-0.4, -0.2) is 50.0 Å². The Morgan fingerprint density at radius 2 is 1.73 bits per heavy atom. The van der Waals surface area contributed by atoms with E-state index in [1.807, 2.05) is 38.1 Å². The van der Waals surface area contributed by atoms with Crippen molar-refractivity contribution in [3.05, 3.63) is 62.5 Å². The maximum Gasteiger partial charge on any atom is 0.244 e. The van der Waals surface area contributed by atoms with Gasteiger partial charge in [0, 0.05) is 17.1 Å². The van der Waals surface area contributed by atoms with Crippen LogP contribution in [0.4, 0.5) is 5.69 Å². The fourth-order valence-corrected chi connectivity index (χ4v) is 4.85. The minimum atomic E-state index is -3.90. The van der Waals surface area contributed by atoms with Crippen LogP contribution in [0.25, 0.3) is 0 Å². The van der Waals surface area contributed by atoms with Crippen LogP contribution in [-0.2, 0) is 26.2 Å². The van der Waals surface area contributed by atoms with E-state index in [0.29, 0.717) is 0 Å². The molecule has 2 aromatic carbocycles. The van der Waals surface area contributed by atoms with E-state index in [-0.39, 0.29) is 34.2 Å². The van der Waals surface area contributed by atoms with Gasteiger partial charge in [0.15, 0.2) is 0 Å². The van der Waals surface area contributed by atoms with Gasteiger partial charge in [-0.1, -0.05) is 57.3 Å². The van der Waals surface area contributed by atoms with E-state index in [0.717, 1.165) is 20.6 Å². The zero-order chi connectivity index (χ0) is 24.9. The Morgan fingerprint density at radius 3 is 2.30 bits per heavy atom. The second kappa shape index (κ2) is 11.6. The number of sulfonamides is 1. The van der Waals surface area contributed by atoms with Gasteiger partial charge in [0.1, 0.15) is 12.6 Å². The van der Waals surface area contributed by atoms with Crippen LogP contribution in [0.15, 0.2) is 46.9 Å². The second-order valence-electron chi connectivity index (χ2n) is 7.83. The summed E-state index contributed by atoms with van der Waals surface area (Å²) in [7, 11) is -3.90. The highest BCUT2D eigenvalue weighted by Crippen LogP contribution is 2.33. The molecule has 0 bridgehead atoms. The van der Waals surface area contributed by atoms with Gasteiger partial charge in [-0.15, -0.1) is 0 Å². The first-order chi connectivity index (χ1) is 15.3. The van der Waals surface area contributed by atoms with Gasteiger partial charge < -0.3 is 10.2 Å². The summed E-state index contributed by atoms with van der Waals surface area (Å²) in [5.74, 6) is -0.914. The molecule has 0 fully saturated rings. The molecule has 0 spiro atoms. The maximum absolute atomic E-state index is 13.4. The Labute approximate surface area is 213 Å². The first-order valence-corrected chi connectivity index (χ1v) is 13.5. The lowest BCUT2D eigenvalue weighted by Gasteiger charge is -2.32. The third-order valence-corrected chi connectivity index (χ3v) is 7.15. The average Bonchev–Trinajstić information content (AvgIpc) is 2.70. The normalized spacial score (nSPS) is 12.4. The number of benzene rings is 2. The van der Waals surface area contributed by atoms with E-state index in [1.165, 1.54) is 17.0 Å². The number of hydrogen-bond acceptors (Lipinski definition) is 4. The van der Waals surface area contributed by atoms with Crippen LogP contribution in [0, 0.1) is 0 Å². The third-order valence-electron chi connectivity index (χ3n) is 4.72. The molecule has 0 heterocycles. The first kappa shape index (κ1) is 27.4. The van der Waals surface area contributed by atoms with Crippen LogP contribution >= 0.6 is 39.1 Å².